The van der Waals surface area contributed by atoms with Crippen LogP contribution in [0, 0.1) is 5.92 Å². The highest BCUT2D eigenvalue weighted by molar-refractivity contribution is 5.85. The Labute approximate surface area is 149 Å². The van der Waals surface area contributed by atoms with Crippen LogP contribution in [0.1, 0.15) is 18.5 Å². The second-order valence-electron chi connectivity index (χ2n) is 5.25. The molecule has 0 spiro atoms. The van der Waals surface area contributed by atoms with Crippen molar-refractivity contribution in [2.24, 2.45) is 11.7 Å². The number of likely N-dealkylation sites (N-methyl/N-ethyl adjacent to an activating group) is 1. The molecule has 1 aromatic heterocycles. The number of aromatic nitrogens is 2. The average Bonchev–Trinajstić information content (AvgIpc) is 3.04. The Morgan fingerprint density at radius 1 is 1.26 bits per heavy atom. The molecule has 1 heterocycles. The molecule has 0 saturated heterocycles. The summed E-state index contributed by atoms with van der Waals surface area (Å²) in [6.07, 6.45) is 3.62. The number of rotatable bonds is 6. The Kier molecular flexibility index (Phi) is 9.56. The summed E-state index contributed by atoms with van der Waals surface area (Å²) in [6, 6.07) is 11.3. The van der Waals surface area contributed by atoms with Gasteiger partial charge in [0.15, 0.2) is 0 Å². The lowest BCUT2D eigenvalue weighted by Crippen LogP contribution is -2.38. The van der Waals surface area contributed by atoms with Gasteiger partial charge in [-0.1, -0.05) is 37.3 Å². The zero-order valence-electron chi connectivity index (χ0n) is 13.3. The normalized spacial score (nSPS) is 12.5. The van der Waals surface area contributed by atoms with Gasteiger partial charge in [-0.3, -0.25) is 9.48 Å². The maximum atomic E-state index is 12.4. The Morgan fingerprint density at radius 3 is 2.48 bits per heavy atom. The third-order valence-electron chi connectivity index (χ3n) is 3.71. The van der Waals surface area contributed by atoms with E-state index in [9.17, 15) is 4.79 Å². The monoisotopic (exact) mass is 358 g/mol. The van der Waals surface area contributed by atoms with E-state index in [1.54, 1.807) is 18.1 Å². The summed E-state index contributed by atoms with van der Waals surface area (Å²) in [4.78, 5) is 14.2. The van der Waals surface area contributed by atoms with Crippen molar-refractivity contribution in [2.75, 3.05) is 13.6 Å². The van der Waals surface area contributed by atoms with Gasteiger partial charge in [-0.15, -0.1) is 24.8 Å². The van der Waals surface area contributed by atoms with Crippen LogP contribution in [0.4, 0.5) is 0 Å². The molecule has 2 rings (SSSR count). The lowest BCUT2D eigenvalue weighted by Gasteiger charge is -2.25. The Hall–Kier alpha value is -1.56. The molecule has 1 amide bonds. The zero-order valence-corrected chi connectivity index (χ0v) is 15.0. The molecular weight excluding hydrogens is 335 g/mol. The lowest BCUT2D eigenvalue weighted by atomic mass is 9.94. The van der Waals surface area contributed by atoms with Crippen molar-refractivity contribution < 1.29 is 4.79 Å². The number of carbonyl (C=O) groups excluding carboxylic acids is 1. The first-order valence-corrected chi connectivity index (χ1v) is 7.12. The van der Waals surface area contributed by atoms with E-state index in [-0.39, 0.29) is 42.7 Å². The fourth-order valence-corrected chi connectivity index (χ4v) is 2.26. The van der Waals surface area contributed by atoms with Crippen molar-refractivity contribution >= 4 is 30.7 Å². The highest BCUT2D eigenvalue weighted by atomic mass is 35.5. The molecule has 2 unspecified atom stereocenters. The van der Waals surface area contributed by atoms with Crippen LogP contribution in [0.5, 0.6) is 0 Å². The van der Waals surface area contributed by atoms with E-state index in [4.69, 9.17) is 5.73 Å². The number of amides is 1. The van der Waals surface area contributed by atoms with E-state index in [0.29, 0.717) is 13.1 Å². The number of nitrogens with two attached hydrogens (primary N) is 1. The van der Waals surface area contributed by atoms with Crippen molar-refractivity contribution in [3.63, 3.8) is 0 Å². The van der Waals surface area contributed by atoms with Crippen LogP contribution in [0.15, 0.2) is 48.8 Å². The summed E-state index contributed by atoms with van der Waals surface area (Å²) >= 11 is 0. The Bertz CT molecular complexity index is 563. The predicted octanol–water partition coefficient (Wildman–Crippen LogP) is 2.52. The highest BCUT2D eigenvalue weighted by Crippen LogP contribution is 2.20. The quantitative estimate of drug-likeness (QED) is 0.862. The third kappa shape index (κ3) is 5.86. The third-order valence-corrected chi connectivity index (χ3v) is 3.71. The summed E-state index contributed by atoms with van der Waals surface area (Å²) in [5.74, 6) is -0.200. The summed E-state index contributed by atoms with van der Waals surface area (Å²) in [6.45, 7) is 3.18. The van der Waals surface area contributed by atoms with E-state index in [0.717, 1.165) is 5.56 Å². The van der Waals surface area contributed by atoms with E-state index in [1.807, 2.05) is 54.2 Å². The highest BCUT2D eigenvalue weighted by Gasteiger charge is 2.24. The number of nitrogens with zero attached hydrogens (tertiary/aromatic N) is 3. The van der Waals surface area contributed by atoms with E-state index in [1.165, 1.54) is 0 Å². The molecule has 0 radical (unpaired) electrons. The number of benzene rings is 1. The van der Waals surface area contributed by atoms with Crippen molar-refractivity contribution in [1.82, 2.24) is 14.7 Å². The van der Waals surface area contributed by atoms with Gasteiger partial charge in [0.05, 0.1) is 12.5 Å². The fourth-order valence-electron chi connectivity index (χ4n) is 2.26. The maximum Gasteiger partial charge on any atom is 0.227 e. The molecular formula is C16H24Cl2N4O. The van der Waals surface area contributed by atoms with Gasteiger partial charge in [-0.25, -0.2) is 0 Å². The van der Waals surface area contributed by atoms with Crippen LogP contribution in [-0.2, 0) is 11.3 Å². The number of carbonyl (C=O) groups is 1. The predicted molar refractivity (Wildman–Crippen MR) is 96.9 cm³/mol. The van der Waals surface area contributed by atoms with E-state index < -0.39 is 0 Å². The molecule has 0 aliphatic heterocycles. The lowest BCUT2D eigenvalue weighted by molar-refractivity contribution is -0.134. The summed E-state index contributed by atoms with van der Waals surface area (Å²) in [5.41, 5.74) is 7.19. The topological polar surface area (TPSA) is 64.2 Å². The minimum absolute atomic E-state index is 0. The molecule has 7 heteroatoms. The molecule has 2 aromatic rings. The molecule has 0 aliphatic rings. The van der Waals surface area contributed by atoms with Crippen LogP contribution in [0.25, 0.3) is 0 Å². The van der Waals surface area contributed by atoms with Crippen LogP contribution < -0.4 is 5.73 Å². The van der Waals surface area contributed by atoms with Gasteiger partial charge in [-0.2, -0.15) is 5.10 Å². The number of hydrogen-bond donors (Lipinski definition) is 1. The smallest absolute Gasteiger partial charge is 0.227 e. The minimum atomic E-state index is -0.286. The molecule has 0 saturated carbocycles. The molecule has 128 valence electrons. The van der Waals surface area contributed by atoms with E-state index in [2.05, 4.69) is 5.10 Å². The Balaban J connectivity index is 0.00000242. The van der Waals surface area contributed by atoms with Crippen molar-refractivity contribution in [1.29, 1.82) is 0 Å². The molecule has 1 aromatic carbocycles. The zero-order chi connectivity index (χ0) is 15.2. The first-order valence-electron chi connectivity index (χ1n) is 7.12. The van der Waals surface area contributed by atoms with Gasteiger partial charge in [0.1, 0.15) is 0 Å². The number of hydrogen-bond acceptors (Lipinski definition) is 3. The average molecular weight is 359 g/mol. The summed E-state index contributed by atoms with van der Waals surface area (Å²) in [5, 5.41) is 4.13. The van der Waals surface area contributed by atoms with Gasteiger partial charge in [0.25, 0.3) is 0 Å². The molecule has 2 atom stereocenters. The van der Waals surface area contributed by atoms with Gasteiger partial charge in [-0.05, 0) is 11.6 Å². The second-order valence-corrected chi connectivity index (χ2v) is 5.25. The van der Waals surface area contributed by atoms with Gasteiger partial charge >= 0.3 is 0 Å². The summed E-state index contributed by atoms with van der Waals surface area (Å²) < 4.78 is 1.81. The van der Waals surface area contributed by atoms with Crippen molar-refractivity contribution in [3.05, 3.63) is 54.4 Å². The van der Waals surface area contributed by atoms with Gasteiger partial charge in [0, 0.05) is 32.0 Å². The Morgan fingerprint density at radius 2 is 1.91 bits per heavy atom. The molecule has 2 N–H and O–H groups in total. The van der Waals surface area contributed by atoms with Gasteiger partial charge < -0.3 is 10.6 Å². The molecule has 0 bridgehead atoms. The minimum Gasteiger partial charge on any atom is -0.344 e. The van der Waals surface area contributed by atoms with Crippen LogP contribution in [-0.4, -0.2) is 34.2 Å². The standard InChI is InChI=1S/C16H22N4O.2ClH/c1-13(15(17)14-7-4-3-5-8-14)16(21)19(2)11-12-20-10-6-9-18-20;;/h3-10,13,15H,11-12,17H2,1-2H3;2*1H. The SMILES string of the molecule is CC(C(=O)N(C)CCn1cccn1)C(N)c1ccccc1.Cl.Cl. The molecule has 5 nitrogen and oxygen atoms in total. The second kappa shape index (κ2) is 10.3. The number of halogens is 2. The van der Waals surface area contributed by atoms with Crippen molar-refractivity contribution in [2.45, 2.75) is 19.5 Å². The first kappa shape index (κ1) is 21.4. The first-order chi connectivity index (χ1) is 10.1. The molecule has 0 aliphatic carbocycles. The fraction of sp³-hybridized carbons (Fsp3) is 0.375. The van der Waals surface area contributed by atoms with Crippen LogP contribution in [0.3, 0.4) is 0 Å². The largest absolute Gasteiger partial charge is 0.344 e. The molecule has 23 heavy (non-hydrogen) atoms. The summed E-state index contributed by atoms with van der Waals surface area (Å²) in [7, 11) is 1.81. The van der Waals surface area contributed by atoms with Gasteiger partial charge in [0.2, 0.25) is 5.91 Å². The molecule has 0 fully saturated rings. The van der Waals surface area contributed by atoms with Crippen LogP contribution in [0.2, 0.25) is 0 Å². The van der Waals surface area contributed by atoms with E-state index >= 15 is 0 Å². The van der Waals surface area contributed by atoms with Crippen molar-refractivity contribution in [3.8, 4) is 0 Å². The maximum absolute atomic E-state index is 12.4. The van der Waals surface area contributed by atoms with Crippen LogP contribution >= 0.6 is 24.8 Å².